The van der Waals surface area contributed by atoms with E-state index in [1.54, 1.807) is 0 Å². The zero-order valence-corrected chi connectivity index (χ0v) is 7.21. The smallest absolute Gasteiger partial charge is 0.308 e. The van der Waals surface area contributed by atoms with E-state index in [-0.39, 0.29) is 5.75 Å². The normalized spacial score (nSPS) is 9.38. The van der Waals surface area contributed by atoms with Crippen molar-refractivity contribution in [2.45, 2.75) is 6.92 Å². The number of hydrogen-bond donors (Lipinski definition) is 0. The number of rotatable bonds is 2. The average Bonchev–Trinajstić information content (AvgIpc) is 2.03. The van der Waals surface area contributed by atoms with Crippen LogP contribution in [0.5, 0.6) is 5.75 Å². The molecule has 0 aromatic heterocycles. The molecule has 68 valence electrons. The van der Waals surface area contributed by atoms with Gasteiger partial charge in [0, 0.05) is 18.6 Å². The Morgan fingerprint density at radius 3 is 2.85 bits per heavy atom. The highest BCUT2D eigenvalue weighted by Gasteiger charge is 2.04. The monoisotopic (exact) mass is 180 g/mol. The van der Waals surface area contributed by atoms with Crippen LogP contribution in [0.4, 0.5) is 4.39 Å². The van der Waals surface area contributed by atoms with E-state index in [1.165, 1.54) is 25.1 Å². The maximum Gasteiger partial charge on any atom is 0.308 e. The third-order valence-corrected chi connectivity index (χ3v) is 1.45. The number of hydrogen-bond acceptors (Lipinski definition) is 2. The molecule has 0 fully saturated rings. The van der Waals surface area contributed by atoms with Gasteiger partial charge >= 0.3 is 5.97 Å². The lowest BCUT2D eigenvalue weighted by Gasteiger charge is -2.04. The molecule has 0 atom stereocenters. The van der Waals surface area contributed by atoms with Crippen molar-refractivity contribution < 1.29 is 13.9 Å². The van der Waals surface area contributed by atoms with Crippen LogP contribution in [0.2, 0.25) is 0 Å². The van der Waals surface area contributed by atoms with Crippen LogP contribution in [0.1, 0.15) is 12.5 Å². The lowest BCUT2D eigenvalue weighted by molar-refractivity contribution is -0.131. The molecule has 0 amide bonds. The van der Waals surface area contributed by atoms with Gasteiger partial charge in [-0.3, -0.25) is 4.79 Å². The van der Waals surface area contributed by atoms with Gasteiger partial charge in [-0.25, -0.2) is 4.39 Å². The molecule has 3 heteroatoms. The van der Waals surface area contributed by atoms with E-state index >= 15 is 0 Å². The Morgan fingerprint density at radius 2 is 2.31 bits per heavy atom. The molecule has 1 aromatic rings. The summed E-state index contributed by atoms with van der Waals surface area (Å²) in [6.07, 6.45) is 1.50. The summed E-state index contributed by atoms with van der Waals surface area (Å²) in [5.41, 5.74) is 0.594. The fraction of sp³-hybridized carbons (Fsp3) is 0.100. The summed E-state index contributed by atoms with van der Waals surface area (Å²) in [7, 11) is 0. The summed E-state index contributed by atoms with van der Waals surface area (Å²) in [6.45, 7) is 4.78. The highest BCUT2D eigenvalue weighted by molar-refractivity contribution is 5.71. The zero-order valence-electron chi connectivity index (χ0n) is 7.21. The zero-order chi connectivity index (χ0) is 9.84. The lowest BCUT2D eigenvalue weighted by Crippen LogP contribution is -2.02. The largest absolute Gasteiger partial charge is 0.426 e. The number of halogens is 1. The second-order valence-corrected chi connectivity index (χ2v) is 2.48. The second-order valence-electron chi connectivity index (χ2n) is 2.48. The molecule has 1 aromatic carbocycles. The Morgan fingerprint density at radius 1 is 1.62 bits per heavy atom. The fourth-order valence-electron chi connectivity index (χ4n) is 0.920. The molecule has 0 bridgehead atoms. The van der Waals surface area contributed by atoms with Gasteiger partial charge in [-0.2, -0.15) is 0 Å². The third kappa shape index (κ3) is 2.40. The summed E-state index contributed by atoms with van der Waals surface area (Å²) >= 11 is 0. The highest BCUT2D eigenvalue weighted by Crippen LogP contribution is 2.20. The lowest BCUT2D eigenvalue weighted by atomic mass is 10.2. The molecule has 0 spiro atoms. The van der Waals surface area contributed by atoms with Gasteiger partial charge in [0.15, 0.2) is 0 Å². The van der Waals surface area contributed by atoms with Gasteiger partial charge in [0.1, 0.15) is 11.6 Å². The molecule has 0 heterocycles. The number of esters is 1. The third-order valence-electron chi connectivity index (χ3n) is 1.45. The summed E-state index contributed by atoms with van der Waals surface area (Å²) in [5.74, 6) is -0.724. The minimum absolute atomic E-state index is 0.197. The van der Waals surface area contributed by atoms with Crippen LogP contribution in [-0.2, 0) is 4.79 Å². The Hall–Kier alpha value is -1.64. The first-order chi connectivity index (χ1) is 6.13. The number of carbonyl (C=O) groups is 1. The van der Waals surface area contributed by atoms with Crippen molar-refractivity contribution in [2.24, 2.45) is 0 Å². The van der Waals surface area contributed by atoms with Crippen LogP contribution in [0.15, 0.2) is 24.8 Å². The van der Waals surface area contributed by atoms with E-state index in [2.05, 4.69) is 6.58 Å². The fourth-order valence-corrected chi connectivity index (χ4v) is 0.920. The van der Waals surface area contributed by atoms with E-state index in [9.17, 15) is 9.18 Å². The summed E-state index contributed by atoms with van der Waals surface area (Å²) in [5, 5.41) is 0. The van der Waals surface area contributed by atoms with Crippen LogP contribution < -0.4 is 4.74 Å². The van der Waals surface area contributed by atoms with Crippen molar-refractivity contribution in [1.29, 1.82) is 0 Å². The molecule has 0 aliphatic carbocycles. The molecule has 0 aliphatic heterocycles. The molecule has 1 rings (SSSR count). The number of ether oxygens (including phenoxy) is 1. The van der Waals surface area contributed by atoms with E-state index < -0.39 is 11.8 Å². The Labute approximate surface area is 75.6 Å². The minimum atomic E-state index is -0.478. The van der Waals surface area contributed by atoms with E-state index in [1.807, 2.05) is 0 Å². The first-order valence-electron chi connectivity index (χ1n) is 3.74. The molecule has 13 heavy (non-hydrogen) atoms. The van der Waals surface area contributed by atoms with Crippen molar-refractivity contribution in [2.75, 3.05) is 0 Å². The summed E-state index contributed by atoms with van der Waals surface area (Å²) < 4.78 is 17.5. The molecule has 0 aliphatic rings. The van der Waals surface area contributed by atoms with Crippen LogP contribution in [0, 0.1) is 5.82 Å². The van der Waals surface area contributed by atoms with Crippen LogP contribution in [-0.4, -0.2) is 5.97 Å². The second kappa shape index (κ2) is 3.85. The van der Waals surface area contributed by atoms with Crippen LogP contribution in [0.25, 0.3) is 6.08 Å². The molecular formula is C10H9FO2. The van der Waals surface area contributed by atoms with Crippen molar-refractivity contribution in [1.82, 2.24) is 0 Å². The van der Waals surface area contributed by atoms with Gasteiger partial charge in [-0.15, -0.1) is 0 Å². The minimum Gasteiger partial charge on any atom is -0.426 e. The maximum atomic E-state index is 12.7. The topological polar surface area (TPSA) is 26.3 Å². The first kappa shape index (κ1) is 9.45. The number of carbonyl (C=O) groups excluding carboxylic acids is 1. The van der Waals surface area contributed by atoms with Crippen molar-refractivity contribution in [3.05, 3.63) is 36.2 Å². The van der Waals surface area contributed by atoms with Crippen molar-refractivity contribution >= 4 is 12.0 Å². The predicted molar refractivity (Wildman–Crippen MR) is 47.8 cm³/mol. The average molecular weight is 180 g/mol. The first-order valence-corrected chi connectivity index (χ1v) is 3.74. The Balaban J connectivity index is 3.07. The predicted octanol–water partition coefficient (Wildman–Crippen LogP) is 2.39. The molecule has 0 radical (unpaired) electrons. The van der Waals surface area contributed by atoms with Crippen LogP contribution in [0.3, 0.4) is 0 Å². The molecule has 0 saturated carbocycles. The standard InChI is InChI=1S/C10H9FO2/c1-3-8-4-5-9(11)6-10(8)13-7(2)12/h3-6H,1H2,2H3. The van der Waals surface area contributed by atoms with Gasteiger partial charge in [-0.05, 0) is 12.1 Å². The SMILES string of the molecule is C=Cc1ccc(F)cc1OC(C)=O. The van der Waals surface area contributed by atoms with Gasteiger partial charge < -0.3 is 4.74 Å². The summed E-state index contributed by atoms with van der Waals surface area (Å²) in [6, 6.07) is 3.93. The van der Waals surface area contributed by atoms with Gasteiger partial charge in [0.25, 0.3) is 0 Å². The quantitative estimate of drug-likeness (QED) is 0.516. The molecule has 0 unspecified atom stereocenters. The van der Waals surface area contributed by atoms with Crippen molar-refractivity contribution in [3.63, 3.8) is 0 Å². The van der Waals surface area contributed by atoms with Crippen LogP contribution >= 0.6 is 0 Å². The summed E-state index contributed by atoms with van der Waals surface area (Å²) in [4.78, 5) is 10.6. The Bertz CT molecular complexity index is 345. The molecule has 0 saturated heterocycles. The van der Waals surface area contributed by atoms with E-state index in [0.717, 1.165) is 6.07 Å². The molecular weight excluding hydrogens is 171 g/mol. The van der Waals surface area contributed by atoms with Gasteiger partial charge in [0.2, 0.25) is 0 Å². The Kier molecular flexibility index (Phi) is 2.80. The maximum absolute atomic E-state index is 12.7. The van der Waals surface area contributed by atoms with E-state index in [0.29, 0.717) is 5.56 Å². The van der Waals surface area contributed by atoms with E-state index in [4.69, 9.17) is 4.74 Å². The van der Waals surface area contributed by atoms with Crippen molar-refractivity contribution in [3.8, 4) is 5.75 Å². The number of benzene rings is 1. The molecule has 0 N–H and O–H groups in total. The van der Waals surface area contributed by atoms with Gasteiger partial charge in [0.05, 0.1) is 0 Å². The molecule has 2 nitrogen and oxygen atoms in total. The van der Waals surface area contributed by atoms with Gasteiger partial charge in [-0.1, -0.05) is 12.7 Å². The highest BCUT2D eigenvalue weighted by atomic mass is 19.1.